The quantitative estimate of drug-likeness (QED) is 0.149. The van der Waals surface area contributed by atoms with Crippen molar-refractivity contribution in [2.24, 2.45) is 11.3 Å². The van der Waals surface area contributed by atoms with Gasteiger partial charge in [0.15, 0.2) is 0 Å². The van der Waals surface area contributed by atoms with E-state index in [4.69, 9.17) is 19.6 Å². The maximum absolute atomic E-state index is 12.7. The van der Waals surface area contributed by atoms with Crippen molar-refractivity contribution in [1.29, 1.82) is 0 Å². The van der Waals surface area contributed by atoms with Gasteiger partial charge in [-0.1, -0.05) is 98.8 Å². The van der Waals surface area contributed by atoms with Gasteiger partial charge < -0.3 is 40.0 Å². The lowest BCUT2D eigenvalue weighted by molar-refractivity contribution is -0.171. The summed E-state index contributed by atoms with van der Waals surface area (Å²) in [6, 6.07) is 4.25. The van der Waals surface area contributed by atoms with E-state index < -0.39 is 48.0 Å². The first-order valence-corrected chi connectivity index (χ1v) is 15.9. The fraction of sp³-hybridized carbons (Fsp3) is 0.786. The van der Waals surface area contributed by atoms with Gasteiger partial charge in [0.2, 0.25) is 0 Å². The van der Waals surface area contributed by atoms with Crippen molar-refractivity contribution in [3.8, 4) is 0 Å². The first kappa shape index (κ1) is 38.7. The average molecular weight is 597 g/mol. The molecule has 0 aromatic heterocycles. The summed E-state index contributed by atoms with van der Waals surface area (Å²) in [4.78, 5) is 31.3. The highest BCUT2D eigenvalue weighted by Crippen LogP contribution is 2.51. The van der Waals surface area contributed by atoms with Crippen molar-refractivity contribution in [2.75, 3.05) is 19.8 Å². The van der Waals surface area contributed by atoms with Crippen LogP contribution in [0, 0.1) is 18.3 Å². The van der Waals surface area contributed by atoms with Crippen LogP contribution in [0.5, 0.6) is 0 Å². The minimum Gasteiger partial charge on any atom is -0.395 e. The Morgan fingerprint density at radius 2 is 1.21 bits per heavy atom. The Balaban J connectivity index is 0.00000181. The Labute approximate surface area is 237 Å². The van der Waals surface area contributed by atoms with Crippen molar-refractivity contribution < 1.29 is 44.3 Å². The topological polar surface area (TPSA) is 171 Å². The number of hydrogen-bond donors (Lipinski definition) is 8. The van der Waals surface area contributed by atoms with E-state index in [1.807, 2.05) is 0 Å². The Bertz CT molecular complexity index is 797. The van der Waals surface area contributed by atoms with Crippen LogP contribution in [0.3, 0.4) is 0 Å². The molecule has 1 aromatic rings. The molecule has 0 fully saturated rings. The van der Waals surface area contributed by atoms with Gasteiger partial charge in [0, 0.05) is 0 Å². The first-order chi connectivity index (χ1) is 17.8. The van der Waals surface area contributed by atoms with Crippen LogP contribution in [0.15, 0.2) is 12.1 Å². The molecule has 0 saturated carbocycles. The summed E-state index contributed by atoms with van der Waals surface area (Å²) in [5, 5.41) is 44.2. The molecule has 9 nitrogen and oxygen atoms in total. The summed E-state index contributed by atoms with van der Waals surface area (Å²) in [6.07, 6.45) is 4.38. The third kappa shape index (κ3) is 10.8. The van der Waals surface area contributed by atoms with E-state index in [0.717, 1.165) is 47.9 Å². The van der Waals surface area contributed by atoms with E-state index in [9.17, 15) is 20.4 Å². The highest BCUT2D eigenvalue weighted by atomic mass is 31.2. The summed E-state index contributed by atoms with van der Waals surface area (Å²) in [5.74, 6) is 0.214. The molecule has 39 heavy (non-hydrogen) atoms. The fourth-order valence-corrected chi connectivity index (χ4v) is 5.49. The van der Waals surface area contributed by atoms with Crippen molar-refractivity contribution in [1.82, 2.24) is 0 Å². The van der Waals surface area contributed by atoms with Gasteiger partial charge >= 0.3 is 17.2 Å². The van der Waals surface area contributed by atoms with Gasteiger partial charge in [-0.3, -0.25) is 0 Å². The number of aliphatic hydroxyl groups is 4. The fourth-order valence-electron chi connectivity index (χ4n) is 4.97. The van der Waals surface area contributed by atoms with E-state index in [1.165, 1.54) is 0 Å². The molecule has 0 heterocycles. The Kier molecular flexibility index (Phi) is 16.3. The first-order valence-electron chi connectivity index (χ1n) is 13.5. The molecule has 0 aliphatic heterocycles. The molecule has 8 N–H and O–H groups in total. The van der Waals surface area contributed by atoms with E-state index >= 15 is 0 Å². The monoisotopic (exact) mass is 596 g/mol. The predicted octanol–water partition coefficient (Wildman–Crippen LogP) is 4.77. The maximum atomic E-state index is 12.7. The second-order valence-electron chi connectivity index (χ2n) is 12.6. The normalized spacial score (nSPS) is 15.3. The maximum Gasteiger partial charge on any atom is 0.334 e. The average Bonchev–Trinajstić information content (AvgIpc) is 2.81. The summed E-state index contributed by atoms with van der Waals surface area (Å²) in [6.45, 7) is 17.6. The molecule has 0 bridgehead atoms. The SMILES string of the molecule is CCCCC(CC)CC(O)(c1c(C(C)(C)C)cc(C)cc1C(C)(C)C)C(CO)(CO)CO.OP(O)OP(O)O. The zero-order valence-electron chi connectivity index (χ0n) is 25.3. The molecule has 0 amide bonds. The van der Waals surface area contributed by atoms with E-state index in [2.05, 4.69) is 78.8 Å². The number of aryl methyl sites for hydroxylation is 1. The number of aliphatic hydroxyl groups excluding tert-OH is 3. The van der Waals surface area contributed by atoms with Crippen molar-refractivity contribution in [3.05, 3.63) is 34.4 Å². The zero-order valence-corrected chi connectivity index (χ0v) is 27.1. The van der Waals surface area contributed by atoms with E-state index in [-0.39, 0.29) is 16.7 Å². The molecule has 1 aromatic carbocycles. The second kappa shape index (κ2) is 16.4. The predicted molar refractivity (Wildman–Crippen MR) is 158 cm³/mol. The number of rotatable bonds is 13. The van der Waals surface area contributed by atoms with Crippen molar-refractivity contribution >= 4 is 17.2 Å². The number of hydrogen-bond acceptors (Lipinski definition) is 9. The Morgan fingerprint density at radius 1 is 0.795 bits per heavy atom. The van der Waals surface area contributed by atoms with Crippen LogP contribution < -0.4 is 0 Å². The van der Waals surface area contributed by atoms with Gasteiger partial charge in [-0.05, 0) is 46.8 Å². The van der Waals surface area contributed by atoms with Gasteiger partial charge in [0.05, 0.1) is 25.2 Å². The summed E-state index contributed by atoms with van der Waals surface area (Å²) in [5.41, 5.74) is 0.325. The largest absolute Gasteiger partial charge is 0.395 e. The number of unbranched alkanes of at least 4 members (excludes halogenated alkanes) is 1. The van der Waals surface area contributed by atoms with E-state index in [0.29, 0.717) is 6.42 Å². The Morgan fingerprint density at radius 3 is 1.46 bits per heavy atom. The molecule has 0 aliphatic carbocycles. The van der Waals surface area contributed by atoms with Crippen LogP contribution in [0.25, 0.3) is 0 Å². The smallest absolute Gasteiger partial charge is 0.334 e. The van der Waals surface area contributed by atoms with Crippen LogP contribution in [-0.4, -0.2) is 59.8 Å². The molecule has 2 unspecified atom stereocenters. The van der Waals surface area contributed by atoms with Gasteiger partial charge in [0.1, 0.15) is 5.60 Å². The molecule has 1 rings (SSSR count). The lowest BCUT2D eigenvalue weighted by Crippen LogP contribution is -2.56. The van der Waals surface area contributed by atoms with Crippen LogP contribution >= 0.6 is 17.2 Å². The molecule has 0 aliphatic rings. The van der Waals surface area contributed by atoms with Crippen LogP contribution in [-0.2, 0) is 20.7 Å². The summed E-state index contributed by atoms with van der Waals surface area (Å²) in [7, 11) is -5.22. The standard InChI is InChI=1S/C28H50O4.H4O5P2/c1-10-12-13-21(11-2)16-28(32,27(17-29,18-30)19-31)24-22(25(4,5)6)14-20(3)15-23(24)26(7,8)9;1-6(2)5-7(3)4/h14-15,21,29-32H,10-13,16-19H2,1-9H3;1-4H. The lowest BCUT2D eigenvalue weighted by atomic mass is 9.59. The van der Waals surface area contributed by atoms with Gasteiger partial charge in [0.25, 0.3) is 0 Å². The highest BCUT2D eigenvalue weighted by Gasteiger charge is 2.54. The van der Waals surface area contributed by atoms with Crippen molar-refractivity contribution in [3.63, 3.8) is 0 Å². The summed E-state index contributed by atoms with van der Waals surface area (Å²) < 4.78 is 3.60. The molecular weight excluding hydrogens is 542 g/mol. The van der Waals surface area contributed by atoms with Gasteiger partial charge in [-0.2, -0.15) is 0 Å². The van der Waals surface area contributed by atoms with Crippen LogP contribution in [0.2, 0.25) is 0 Å². The third-order valence-electron chi connectivity index (χ3n) is 7.37. The second-order valence-corrected chi connectivity index (χ2v) is 14.2. The zero-order chi connectivity index (χ0) is 30.8. The molecule has 0 saturated heterocycles. The minimum absolute atomic E-state index is 0.214. The Hall–Kier alpha value is -0.280. The molecule has 0 radical (unpaired) electrons. The van der Waals surface area contributed by atoms with Gasteiger partial charge in [-0.15, -0.1) is 0 Å². The lowest BCUT2D eigenvalue weighted by Gasteiger charge is -2.50. The molecule has 230 valence electrons. The molecule has 0 spiro atoms. The van der Waals surface area contributed by atoms with Crippen LogP contribution in [0.4, 0.5) is 0 Å². The van der Waals surface area contributed by atoms with Gasteiger partial charge in [-0.25, -0.2) is 4.31 Å². The van der Waals surface area contributed by atoms with E-state index in [1.54, 1.807) is 0 Å². The third-order valence-corrected chi connectivity index (χ3v) is 8.54. The highest BCUT2D eigenvalue weighted by molar-refractivity contribution is 7.53. The molecule has 2 atom stereocenters. The molecular formula is C28H54O9P2. The minimum atomic E-state index is -2.61. The van der Waals surface area contributed by atoms with Crippen molar-refractivity contribution in [2.45, 2.75) is 111 Å². The molecule has 11 heteroatoms. The summed E-state index contributed by atoms with van der Waals surface area (Å²) >= 11 is 0. The number of benzene rings is 1. The van der Waals surface area contributed by atoms with Crippen LogP contribution in [0.1, 0.15) is 110 Å².